The largest absolute Gasteiger partial charge is 0.493 e. The van der Waals surface area contributed by atoms with Gasteiger partial charge in [0.2, 0.25) is 5.88 Å². The summed E-state index contributed by atoms with van der Waals surface area (Å²) in [4.78, 5) is 17.6. The standard InChI is InChI=1S/C18H19F2N3O3/c1-25-14-4-2-3-5-15(14)26-16-7-6-13(12-21-16)22-17(24)23-10-8-18(19,20)9-11-23/h2-7,12H,8-11H2,1H3,(H,22,24). The van der Waals surface area contributed by atoms with Crippen molar-refractivity contribution in [3.8, 4) is 17.4 Å². The van der Waals surface area contributed by atoms with Crippen LogP contribution in [0.1, 0.15) is 12.8 Å². The highest BCUT2D eigenvalue weighted by molar-refractivity contribution is 5.89. The third-order valence-corrected chi connectivity index (χ3v) is 4.05. The molecule has 0 atom stereocenters. The van der Waals surface area contributed by atoms with E-state index in [1.807, 2.05) is 12.1 Å². The predicted octanol–water partition coefficient (Wildman–Crippen LogP) is 4.15. The fourth-order valence-electron chi connectivity index (χ4n) is 2.57. The third kappa shape index (κ3) is 4.38. The van der Waals surface area contributed by atoms with Crippen LogP contribution in [0.15, 0.2) is 42.6 Å². The Morgan fingerprint density at radius 2 is 1.85 bits per heavy atom. The number of benzene rings is 1. The van der Waals surface area contributed by atoms with Gasteiger partial charge < -0.3 is 19.7 Å². The Balaban J connectivity index is 1.58. The number of nitrogens with one attached hydrogen (secondary N) is 1. The molecule has 0 spiro atoms. The number of amides is 2. The van der Waals surface area contributed by atoms with Crippen LogP contribution in [0.25, 0.3) is 0 Å². The highest BCUT2D eigenvalue weighted by Crippen LogP contribution is 2.30. The minimum Gasteiger partial charge on any atom is -0.493 e. The number of hydrogen-bond acceptors (Lipinski definition) is 4. The van der Waals surface area contributed by atoms with E-state index < -0.39 is 12.0 Å². The maximum atomic E-state index is 13.2. The van der Waals surface area contributed by atoms with Crippen LogP contribution in [-0.2, 0) is 0 Å². The Labute approximate surface area is 149 Å². The van der Waals surface area contributed by atoms with Gasteiger partial charge in [-0.05, 0) is 18.2 Å². The van der Waals surface area contributed by atoms with E-state index >= 15 is 0 Å². The number of halogens is 2. The minimum absolute atomic E-state index is 0.0290. The fraction of sp³-hybridized carbons (Fsp3) is 0.333. The molecule has 1 aromatic carbocycles. The number of carbonyl (C=O) groups excluding carboxylic acids is 1. The summed E-state index contributed by atoms with van der Waals surface area (Å²) in [7, 11) is 1.55. The Kier molecular flexibility index (Phi) is 5.20. The molecule has 138 valence electrons. The molecule has 1 fully saturated rings. The summed E-state index contributed by atoms with van der Waals surface area (Å²) in [6, 6.07) is 9.98. The fourth-order valence-corrected chi connectivity index (χ4v) is 2.57. The summed E-state index contributed by atoms with van der Waals surface area (Å²) in [5, 5.41) is 2.65. The lowest BCUT2D eigenvalue weighted by Crippen LogP contribution is -2.44. The molecule has 0 aliphatic carbocycles. The molecular formula is C18H19F2N3O3. The van der Waals surface area contributed by atoms with Crippen molar-refractivity contribution in [2.45, 2.75) is 18.8 Å². The Morgan fingerprint density at radius 1 is 1.15 bits per heavy atom. The van der Waals surface area contributed by atoms with Crippen molar-refractivity contribution in [2.75, 3.05) is 25.5 Å². The van der Waals surface area contributed by atoms with Gasteiger partial charge >= 0.3 is 6.03 Å². The van der Waals surface area contributed by atoms with E-state index in [1.165, 1.54) is 11.1 Å². The van der Waals surface area contributed by atoms with E-state index in [0.29, 0.717) is 23.1 Å². The molecule has 0 radical (unpaired) electrons. The van der Waals surface area contributed by atoms with Gasteiger partial charge in [0, 0.05) is 32.0 Å². The molecule has 8 heteroatoms. The SMILES string of the molecule is COc1ccccc1Oc1ccc(NC(=O)N2CCC(F)(F)CC2)cn1. The lowest BCUT2D eigenvalue weighted by molar-refractivity contribution is -0.0461. The van der Waals surface area contributed by atoms with E-state index in [4.69, 9.17) is 9.47 Å². The van der Waals surface area contributed by atoms with Gasteiger partial charge in [0.15, 0.2) is 11.5 Å². The van der Waals surface area contributed by atoms with Gasteiger partial charge in [0.25, 0.3) is 5.92 Å². The first kappa shape index (κ1) is 17.9. The Hall–Kier alpha value is -2.90. The monoisotopic (exact) mass is 363 g/mol. The Bertz CT molecular complexity index is 759. The number of anilines is 1. The van der Waals surface area contributed by atoms with Gasteiger partial charge in [-0.2, -0.15) is 0 Å². The first-order valence-electron chi connectivity index (χ1n) is 8.17. The highest BCUT2D eigenvalue weighted by Gasteiger charge is 2.35. The van der Waals surface area contributed by atoms with E-state index in [0.717, 1.165) is 0 Å². The van der Waals surface area contributed by atoms with Crippen molar-refractivity contribution in [1.29, 1.82) is 0 Å². The van der Waals surface area contributed by atoms with E-state index in [9.17, 15) is 13.6 Å². The number of pyridine rings is 1. The smallest absolute Gasteiger partial charge is 0.321 e. The number of rotatable bonds is 4. The molecule has 0 unspecified atom stereocenters. The van der Waals surface area contributed by atoms with Crippen molar-refractivity contribution in [1.82, 2.24) is 9.88 Å². The van der Waals surface area contributed by atoms with Crippen molar-refractivity contribution in [3.63, 3.8) is 0 Å². The van der Waals surface area contributed by atoms with Crippen LogP contribution in [0, 0.1) is 0 Å². The number of para-hydroxylation sites is 2. The normalized spacial score (nSPS) is 16.0. The number of piperidine rings is 1. The van der Waals surface area contributed by atoms with Crippen molar-refractivity contribution in [2.24, 2.45) is 0 Å². The van der Waals surface area contributed by atoms with Gasteiger partial charge in [0.05, 0.1) is 19.0 Å². The van der Waals surface area contributed by atoms with Gasteiger partial charge in [-0.3, -0.25) is 0 Å². The predicted molar refractivity (Wildman–Crippen MR) is 92.1 cm³/mol. The second-order valence-corrected chi connectivity index (χ2v) is 5.91. The molecular weight excluding hydrogens is 344 g/mol. The van der Waals surface area contributed by atoms with E-state index in [1.54, 1.807) is 31.4 Å². The molecule has 1 saturated heterocycles. The number of methoxy groups -OCH3 is 1. The zero-order chi connectivity index (χ0) is 18.6. The number of hydrogen-bond donors (Lipinski definition) is 1. The summed E-state index contributed by atoms with van der Waals surface area (Å²) < 4.78 is 37.2. The van der Waals surface area contributed by atoms with Crippen molar-refractivity contribution < 1.29 is 23.0 Å². The molecule has 1 aliphatic heterocycles. The average Bonchev–Trinajstić information content (AvgIpc) is 2.63. The molecule has 1 aromatic heterocycles. The molecule has 1 aliphatic rings. The zero-order valence-electron chi connectivity index (χ0n) is 14.2. The number of ether oxygens (including phenoxy) is 2. The van der Waals surface area contributed by atoms with Crippen LogP contribution < -0.4 is 14.8 Å². The number of aromatic nitrogens is 1. The Morgan fingerprint density at radius 3 is 2.46 bits per heavy atom. The topological polar surface area (TPSA) is 63.7 Å². The molecule has 0 saturated carbocycles. The van der Waals surface area contributed by atoms with Gasteiger partial charge in [0.1, 0.15) is 0 Å². The van der Waals surface area contributed by atoms with E-state index in [-0.39, 0.29) is 25.9 Å². The van der Waals surface area contributed by atoms with Crippen LogP contribution in [0.5, 0.6) is 17.4 Å². The maximum Gasteiger partial charge on any atom is 0.321 e. The molecule has 2 amide bonds. The summed E-state index contributed by atoms with van der Waals surface area (Å²) in [5.41, 5.74) is 0.458. The minimum atomic E-state index is -2.68. The third-order valence-electron chi connectivity index (χ3n) is 4.05. The quantitative estimate of drug-likeness (QED) is 0.887. The van der Waals surface area contributed by atoms with E-state index in [2.05, 4.69) is 10.3 Å². The molecule has 2 heterocycles. The van der Waals surface area contributed by atoms with Crippen LogP contribution in [0.4, 0.5) is 19.3 Å². The number of nitrogens with zero attached hydrogens (tertiary/aromatic N) is 2. The summed E-state index contributed by atoms with van der Waals surface area (Å²) in [6.07, 6.45) is 0.815. The molecule has 3 rings (SSSR count). The summed E-state index contributed by atoms with van der Waals surface area (Å²) in [5.74, 6) is -1.25. The van der Waals surface area contributed by atoms with Crippen molar-refractivity contribution >= 4 is 11.7 Å². The molecule has 2 aromatic rings. The van der Waals surface area contributed by atoms with Gasteiger partial charge in [-0.25, -0.2) is 18.6 Å². The lowest BCUT2D eigenvalue weighted by Gasteiger charge is -2.31. The molecule has 6 nitrogen and oxygen atoms in total. The first-order valence-corrected chi connectivity index (χ1v) is 8.17. The lowest BCUT2D eigenvalue weighted by atomic mass is 10.1. The number of alkyl halides is 2. The van der Waals surface area contributed by atoms with Crippen LogP contribution >= 0.6 is 0 Å². The van der Waals surface area contributed by atoms with Gasteiger partial charge in [-0.1, -0.05) is 12.1 Å². The second-order valence-electron chi connectivity index (χ2n) is 5.91. The van der Waals surface area contributed by atoms with Crippen molar-refractivity contribution in [3.05, 3.63) is 42.6 Å². The van der Waals surface area contributed by atoms with Crippen LogP contribution in [-0.4, -0.2) is 42.0 Å². The van der Waals surface area contributed by atoms with Crippen LogP contribution in [0.2, 0.25) is 0 Å². The molecule has 0 bridgehead atoms. The molecule has 1 N–H and O–H groups in total. The number of likely N-dealkylation sites (tertiary alicyclic amines) is 1. The maximum absolute atomic E-state index is 13.2. The first-order chi connectivity index (χ1) is 12.5. The average molecular weight is 363 g/mol. The zero-order valence-corrected chi connectivity index (χ0v) is 14.2. The number of urea groups is 1. The number of carbonyl (C=O) groups is 1. The summed E-state index contributed by atoms with van der Waals surface area (Å²) in [6.45, 7) is 0.0581. The molecule has 26 heavy (non-hydrogen) atoms. The second kappa shape index (κ2) is 7.55. The summed E-state index contributed by atoms with van der Waals surface area (Å²) >= 11 is 0. The van der Waals surface area contributed by atoms with Crippen LogP contribution in [0.3, 0.4) is 0 Å². The van der Waals surface area contributed by atoms with Gasteiger partial charge in [-0.15, -0.1) is 0 Å². The highest BCUT2D eigenvalue weighted by atomic mass is 19.3.